The summed E-state index contributed by atoms with van der Waals surface area (Å²) in [7, 11) is 0. The Kier molecular flexibility index (Phi) is 12.0. The molecule has 0 aliphatic carbocycles. The van der Waals surface area contributed by atoms with Crippen LogP contribution in [0.25, 0.3) is 0 Å². The Hall–Kier alpha value is -3.45. The lowest BCUT2D eigenvalue weighted by molar-refractivity contribution is -0.139. The Morgan fingerprint density at radius 1 is 1.05 bits per heavy atom. The summed E-state index contributed by atoms with van der Waals surface area (Å²) < 4.78 is 68.8. The number of hydrogen-bond acceptors (Lipinski definition) is 5. The Morgan fingerprint density at radius 2 is 1.75 bits per heavy atom. The third-order valence-electron chi connectivity index (χ3n) is 7.25. The molecule has 0 bridgehead atoms. The number of amides is 3. The molecule has 0 aromatic heterocycles. The van der Waals surface area contributed by atoms with Crippen LogP contribution in [-0.4, -0.2) is 67.1 Å². The summed E-state index contributed by atoms with van der Waals surface area (Å²) in [5.41, 5.74) is 0.00654. The molecule has 3 rings (SSSR count). The molecule has 3 N–H and O–H groups in total. The molecule has 1 unspecified atom stereocenters. The molecule has 0 spiro atoms. The van der Waals surface area contributed by atoms with E-state index >= 15 is 4.39 Å². The lowest BCUT2D eigenvalue weighted by Crippen LogP contribution is -2.54. The fraction of sp³-hybridized carbons (Fsp3) is 0.500. The molecule has 1 fully saturated rings. The maximum atomic E-state index is 15.0. The molecule has 8 nitrogen and oxygen atoms in total. The van der Waals surface area contributed by atoms with Crippen LogP contribution in [0.4, 0.5) is 33.3 Å². The van der Waals surface area contributed by atoms with E-state index in [9.17, 15) is 31.9 Å². The number of rotatable bonds is 11. The van der Waals surface area contributed by atoms with E-state index in [1.54, 1.807) is 6.07 Å². The Labute approximate surface area is 258 Å². The van der Waals surface area contributed by atoms with Gasteiger partial charge < -0.3 is 20.9 Å². The SMILES string of the molecule is CC(=O)NC(C)C(=O)NCc1ccc(C(=O)Nc2ccc(Cl)cc2N2CCN(CCC(F)(F)F)[C@@H](CC(C)C)C2)c(F)c1F. The van der Waals surface area contributed by atoms with Crippen LogP contribution < -0.4 is 20.9 Å². The molecule has 0 saturated carbocycles. The molecular weight excluding hydrogens is 609 g/mol. The molecule has 1 aliphatic heterocycles. The van der Waals surface area contributed by atoms with Crippen molar-refractivity contribution < 1.29 is 36.3 Å². The summed E-state index contributed by atoms with van der Waals surface area (Å²) >= 11 is 6.26. The fourth-order valence-corrected chi connectivity index (χ4v) is 5.28. The van der Waals surface area contributed by atoms with Gasteiger partial charge in [-0.1, -0.05) is 31.5 Å². The normalized spacial score (nSPS) is 16.5. The minimum Gasteiger partial charge on any atom is -0.367 e. The van der Waals surface area contributed by atoms with Crippen molar-refractivity contribution >= 4 is 40.7 Å². The van der Waals surface area contributed by atoms with E-state index in [1.807, 2.05) is 23.6 Å². The number of nitrogens with one attached hydrogen (secondary N) is 3. The second-order valence-corrected chi connectivity index (χ2v) is 11.7. The Morgan fingerprint density at radius 3 is 2.39 bits per heavy atom. The van der Waals surface area contributed by atoms with Gasteiger partial charge in [0.2, 0.25) is 11.8 Å². The molecule has 1 aliphatic rings. The molecule has 14 heteroatoms. The van der Waals surface area contributed by atoms with Crippen LogP contribution in [0.3, 0.4) is 0 Å². The van der Waals surface area contributed by atoms with Gasteiger partial charge in [-0.2, -0.15) is 13.2 Å². The molecule has 242 valence electrons. The molecule has 2 aromatic carbocycles. The van der Waals surface area contributed by atoms with E-state index in [-0.39, 0.29) is 36.3 Å². The zero-order chi connectivity index (χ0) is 32.8. The van der Waals surface area contributed by atoms with Crippen molar-refractivity contribution in [3.8, 4) is 0 Å². The van der Waals surface area contributed by atoms with Gasteiger partial charge in [-0.15, -0.1) is 0 Å². The Bertz CT molecular complexity index is 1360. The van der Waals surface area contributed by atoms with Gasteiger partial charge in [0, 0.05) is 56.3 Å². The van der Waals surface area contributed by atoms with E-state index < -0.39 is 53.6 Å². The van der Waals surface area contributed by atoms with E-state index in [0.717, 1.165) is 6.07 Å². The Balaban J connectivity index is 1.77. The lowest BCUT2D eigenvalue weighted by Gasteiger charge is -2.43. The molecular formula is C30H37ClF5N5O3. The summed E-state index contributed by atoms with van der Waals surface area (Å²) in [4.78, 5) is 40.1. The zero-order valence-electron chi connectivity index (χ0n) is 25.0. The summed E-state index contributed by atoms with van der Waals surface area (Å²) in [6.45, 7) is 7.26. The van der Waals surface area contributed by atoms with E-state index in [1.165, 1.54) is 32.0 Å². The van der Waals surface area contributed by atoms with Crippen LogP contribution in [0.5, 0.6) is 0 Å². The standard InChI is InChI=1S/C30H37ClF5N5O3/c1-17(2)13-22-16-41(12-11-40(22)10-9-30(34,35)36)25-14-21(31)6-8-24(25)39-29(44)23-7-5-20(26(32)27(23)33)15-37-28(43)18(3)38-19(4)42/h5-8,14,17-18,22H,9-13,15-16H2,1-4H3,(H,37,43)(H,38,42)(H,39,44)/t18?,22-/m0/s1. The van der Waals surface area contributed by atoms with Crippen molar-refractivity contribution in [2.24, 2.45) is 5.92 Å². The molecule has 2 aromatic rings. The minimum absolute atomic E-state index is 0.118. The highest BCUT2D eigenvalue weighted by atomic mass is 35.5. The number of piperazine rings is 1. The summed E-state index contributed by atoms with van der Waals surface area (Å²) in [5, 5.41) is 7.76. The van der Waals surface area contributed by atoms with Gasteiger partial charge in [-0.05, 0) is 43.5 Å². The van der Waals surface area contributed by atoms with Gasteiger partial charge in [0.1, 0.15) is 6.04 Å². The van der Waals surface area contributed by atoms with Gasteiger partial charge in [-0.3, -0.25) is 19.3 Å². The second kappa shape index (κ2) is 15.0. The first-order valence-electron chi connectivity index (χ1n) is 14.2. The number of anilines is 2. The number of carbonyl (C=O) groups is 3. The highest BCUT2D eigenvalue weighted by Crippen LogP contribution is 2.33. The number of alkyl halides is 3. The second-order valence-electron chi connectivity index (χ2n) is 11.3. The van der Waals surface area contributed by atoms with Gasteiger partial charge in [0.15, 0.2) is 11.6 Å². The predicted molar refractivity (Wildman–Crippen MR) is 159 cm³/mol. The van der Waals surface area contributed by atoms with Gasteiger partial charge in [0.25, 0.3) is 5.91 Å². The van der Waals surface area contributed by atoms with Crippen LogP contribution in [0, 0.1) is 17.6 Å². The number of benzene rings is 2. The molecule has 0 radical (unpaired) electrons. The summed E-state index contributed by atoms with van der Waals surface area (Å²) in [5.74, 6) is -4.46. The topological polar surface area (TPSA) is 93.8 Å². The van der Waals surface area contributed by atoms with Crippen molar-refractivity contribution in [2.75, 3.05) is 36.4 Å². The van der Waals surface area contributed by atoms with E-state index in [4.69, 9.17) is 11.6 Å². The number of hydrogen-bond donors (Lipinski definition) is 3. The van der Waals surface area contributed by atoms with Gasteiger partial charge in [0.05, 0.1) is 23.4 Å². The number of carbonyl (C=O) groups excluding carboxylic acids is 3. The molecule has 3 amide bonds. The average molecular weight is 646 g/mol. The predicted octanol–water partition coefficient (Wildman–Crippen LogP) is 5.50. The maximum Gasteiger partial charge on any atom is 0.390 e. The largest absolute Gasteiger partial charge is 0.390 e. The van der Waals surface area contributed by atoms with Crippen LogP contribution in [-0.2, 0) is 16.1 Å². The minimum atomic E-state index is -4.27. The molecule has 1 heterocycles. The van der Waals surface area contributed by atoms with Gasteiger partial charge >= 0.3 is 6.18 Å². The number of nitrogens with zero attached hydrogens (tertiary/aromatic N) is 2. The first-order valence-corrected chi connectivity index (χ1v) is 14.6. The van der Waals surface area contributed by atoms with Crippen LogP contribution in [0.15, 0.2) is 30.3 Å². The fourth-order valence-electron chi connectivity index (χ4n) is 5.11. The highest BCUT2D eigenvalue weighted by Gasteiger charge is 2.33. The van der Waals surface area contributed by atoms with Crippen LogP contribution >= 0.6 is 11.6 Å². The maximum absolute atomic E-state index is 15.0. The third-order valence-corrected chi connectivity index (χ3v) is 7.49. The van der Waals surface area contributed by atoms with Crippen LogP contribution in [0.2, 0.25) is 5.02 Å². The van der Waals surface area contributed by atoms with E-state index in [2.05, 4.69) is 16.0 Å². The average Bonchev–Trinajstić information content (AvgIpc) is 2.92. The molecule has 1 saturated heterocycles. The highest BCUT2D eigenvalue weighted by molar-refractivity contribution is 6.31. The van der Waals surface area contributed by atoms with Gasteiger partial charge in [-0.25, -0.2) is 8.78 Å². The van der Waals surface area contributed by atoms with E-state index in [0.29, 0.717) is 36.8 Å². The quantitative estimate of drug-likeness (QED) is 0.281. The van der Waals surface area contributed by atoms with Crippen molar-refractivity contribution in [1.82, 2.24) is 15.5 Å². The lowest BCUT2D eigenvalue weighted by atomic mass is 9.99. The third kappa shape index (κ3) is 9.78. The summed E-state index contributed by atoms with van der Waals surface area (Å²) in [6.07, 6.45) is -4.53. The molecule has 44 heavy (non-hydrogen) atoms. The van der Waals surface area contributed by atoms with Crippen molar-refractivity contribution in [1.29, 1.82) is 0 Å². The smallest absolute Gasteiger partial charge is 0.367 e. The first kappa shape index (κ1) is 35.0. The van der Waals surface area contributed by atoms with Crippen molar-refractivity contribution in [3.05, 3.63) is 58.1 Å². The monoisotopic (exact) mass is 645 g/mol. The van der Waals surface area contributed by atoms with Crippen molar-refractivity contribution in [3.63, 3.8) is 0 Å². The first-order chi connectivity index (χ1) is 20.6. The zero-order valence-corrected chi connectivity index (χ0v) is 25.7. The molecule has 2 atom stereocenters. The number of halogens is 6. The summed E-state index contributed by atoms with van der Waals surface area (Å²) in [6, 6.07) is 5.86. The van der Waals surface area contributed by atoms with Crippen LogP contribution in [0.1, 0.15) is 56.5 Å². The van der Waals surface area contributed by atoms with Crippen molar-refractivity contribution in [2.45, 2.75) is 65.3 Å².